The predicted molar refractivity (Wildman–Crippen MR) is 133 cm³/mol. The van der Waals surface area contributed by atoms with Crippen molar-refractivity contribution in [3.63, 3.8) is 0 Å². The molecule has 0 radical (unpaired) electrons. The molecule has 3 aromatic rings. The van der Waals surface area contributed by atoms with Gasteiger partial charge in [0.15, 0.2) is 6.10 Å². The van der Waals surface area contributed by atoms with Gasteiger partial charge in [0.05, 0.1) is 18.0 Å². The SMILES string of the molecule is CC(=O)OC1C[N+]2(CC(=O)c3cccs3)CCC1CC2.Fc1ccc(Nc2ccccc2)cc1.[Cl-]. The lowest BCUT2D eigenvalue weighted by Gasteiger charge is -2.51. The van der Waals surface area contributed by atoms with E-state index in [2.05, 4.69) is 5.32 Å². The van der Waals surface area contributed by atoms with Crippen LogP contribution in [0.5, 0.6) is 0 Å². The number of para-hydroxylation sites is 1. The van der Waals surface area contributed by atoms with E-state index in [-0.39, 0.29) is 36.1 Å². The maximum absolute atomic E-state index is 12.6. The summed E-state index contributed by atoms with van der Waals surface area (Å²) in [6.45, 7) is 4.91. The molecule has 2 bridgehead atoms. The van der Waals surface area contributed by atoms with Crippen LogP contribution in [0.1, 0.15) is 29.4 Å². The van der Waals surface area contributed by atoms with Gasteiger partial charge in [0.1, 0.15) is 18.9 Å². The minimum Gasteiger partial charge on any atom is -1.00 e. The van der Waals surface area contributed by atoms with Gasteiger partial charge in [0.2, 0.25) is 5.78 Å². The minimum absolute atomic E-state index is 0. The van der Waals surface area contributed by atoms with Gasteiger partial charge < -0.3 is 26.9 Å². The molecule has 8 heteroatoms. The summed E-state index contributed by atoms with van der Waals surface area (Å²) >= 11 is 1.51. The van der Waals surface area contributed by atoms with E-state index in [0.29, 0.717) is 12.5 Å². The molecule has 2 aromatic carbocycles. The average molecular weight is 517 g/mol. The van der Waals surface area contributed by atoms with Gasteiger partial charge >= 0.3 is 5.97 Å². The number of rotatable bonds is 6. The predicted octanol–water partition coefficient (Wildman–Crippen LogP) is 2.68. The Kier molecular flexibility index (Phi) is 9.43. The summed E-state index contributed by atoms with van der Waals surface area (Å²) in [7, 11) is 0. The summed E-state index contributed by atoms with van der Waals surface area (Å²) in [5.41, 5.74) is 1.89. The molecular weight excluding hydrogens is 487 g/mol. The smallest absolute Gasteiger partial charge is 0.303 e. The Balaban J connectivity index is 0.000000202. The van der Waals surface area contributed by atoms with Gasteiger partial charge in [0, 0.05) is 37.1 Å². The Morgan fingerprint density at radius 1 is 1.00 bits per heavy atom. The lowest BCUT2D eigenvalue weighted by Crippen LogP contribution is -3.00. The molecule has 1 unspecified atom stereocenters. The van der Waals surface area contributed by atoms with E-state index in [9.17, 15) is 14.0 Å². The van der Waals surface area contributed by atoms with Crippen LogP contribution in [0.4, 0.5) is 15.8 Å². The molecule has 1 atom stereocenters. The summed E-state index contributed by atoms with van der Waals surface area (Å²) in [6, 6.07) is 19.9. The highest BCUT2D eigenvalue weighted by atomic mass is 35.5. The van der Waals surface area contributed by atoms with Crippen LogP contribution in [0, 0.1) is 11.7 Å². The standard InChI is InChI=1S/C15H20NO3S.C12H10FN.ClH/c1-11(17)19-14-10-16(6-4-12(14)5-7-16)9-13(18)15-3-2-8-20-15;13-10-6-8-12(9-7-10)14-11-4-2-1-3-5-11;/h2-3,8,12,14H,4-7,9-10H2,1H3;1-9,14H;1H/q+1;;/p-1. The number of nitrogens with one attached hydrogen (secondary N) is 1. The van der Waals surface area contributed by atoms with E-state index in [1.165, 1.54) is 30.4 Å². The number of anilines is 2. The third-order valence-corrected chi connectivity index (χ3v) is 7.45. The fraction of sp³-hybridized carbons (Fsp3) is 0.333. The van der Waals surface area contributed by atoms with E-state index < -0.39 is 0 Å². The van der Waals surface area contributed by atoms with Crippen LogP contribution in [0.2, 0.25) is 0 Å². The van der Waals surface area contributed by atoms with Crippen LogP contribution in [0.25, 0.3) is 0 Å². The van der Waals surface area contributed by atoms with Gasteiger partial charge in [-0.15, -0.1) is 11.3 Å². The summed E-state index contributed by atoms with van der Waals surface area (Å²) in [5.74, 6) is 0.299. The van der Waals surface area contributed by atoms with Gasteiger partial charge in [0.25, 0.3) is 0 Å². The van der Waals surface area contributed by atoms with E-state index in [4.69, 9.17) is 4.74 Å². The lowest BCUT2D eigenvalue weighted by atomic mass is 9.83. The van der Waals surface area contributed by atoms with Crippen LogP contribution in [-0.2, 0) is 9.53 Å². The summed E-state index contributed by atoms with van der Waals surface area (Å²) in [4.78, 5) is 24.4. The normalized spacial score (nSPS) is 22.2. The molecular formula is C27H30ClFN2O3S. The van der Waals surface area contributed by atoms with Gasteiger partial charge in [-0.2, -0.15) is 0 Å². The van der Waals surface area contributed by atoms with E-state index in [1.54, 1.807) is 12.1 Å². The van der Waals surface area contributed by atoms with Crippen molar-refractivity contribution in [2.24, 2.45) is 5.92 Å². The molecule has 0 saturated carbocycles. The molecule has 6 rings (SSSR count). The Labute approximate surface area is 215 Å². The Hall–Kier alpha value is -2.74. The van der Waals surface area contributed by atoms with E-state index in [0.717, 1.165) is 53.2 Å². The van der Waals surface area contributed by atoms with Crippen molar-refractivity contribution in [1.82, 2.24) is 0 Å². The zero-order valence-electron chi connectivity index (χ0n) is 19.7. The minimum atomic E-state index is -0.219. The summed E-state index contributed by atoms with van der Waals surface area (Å²) in [5, 5.41) is 5.11. The molecule has 35 heavy (non-hydrogen) atoms. The molecule has 3 fully saturated rings. The van der Waals surface area contributed by atoms with Crippen LogP contribution in [-0.4, -0.2) is 48.5 Å². The van der Waals surface area contributed by atoms with E-state index in [1.807, 2.05) is 47.8 Å². The molecule has 1 N–H and O–H groups in total. The van der Waals surface area contributed by atoms with Crippen molar-refractivity contribution in [3.05, 3.63) is 82.8 Å². The number of benzene rings is 2. The topological polar surface area (TPSA) is 55.4 Å². The van der Waals surface area contributed by atoms with Crippen LogP contribution < -0.4 is 17.7 Å². The molecule has 186 valence electrons. The maximum Gasteiger partial charge on any atom is 0.303 e. The zero-order chi connectivity index (χ0) is 24.0. The monoisotopic (exact) mass is 516 g/mol. The van der Waals surface area contributed by atoms with Crippen molar-refractivity contribution in [2.75, 3.05) is 31.5 Å². The first-order valence-electron chi connectivity index (χ1n) is 11.6. The molecule has 3 aliphatic heterocycles. The number of ether oxygens (including phenoxy) is 1. The number of carbonyl (C=O) groups is 2. The highest BCUT2D eigenvalue weighted by Gasteiger charge is 2.48. The number of Topliss-reactive ketones (excluding diaryl/α,β-unsaturated/α-hetero) is 1. The number of carbonyl (C=O) groups excluding carboxylic acids is 2. The van der Waals surface area contributed by atoms with Gasteiger partial charge in [-0.05, 0) is 47.8 Å². The molecule has 4 heterocycles. The zero-order valence-corrected chi connectivity index (χ0v) is 21.2. The third-order valence-electron chi connectivity index (χ3n) is 6.54. The first-order valence-corrected chi connectivity index (χ1v) is 12.5. The van der Waals surface area contributed by atoms with Crippen molar-refractivity contribution in [3.8, 4) is 0 Å². The number of nitrogens with zero attached hydrogens (tertiary/aromatic N) is 1. The quantitative estimate of drug-likeness (QED) is 0.311. The number of piperidine rings is 3. The average Bonchev–Trinajstić information content (AvgIpc) is 3.37. The maximum atomic E-state index is 12.6. The van der Waals surface area contributed by atoms with Crippen molar-refractivity contribution in [2.45, 2.75) is 25.9 Å². The van der Waals surface area contributed by atoms with Crippen molar-refractivity contribution in [1.29, 1.82) is 0 Å². The number of thiophene rings is 1. The van der Waals surface area contributed by atoms with Gasteiger partial charge in [-0.25, -0.2) is 4.39 Å². The number of quaternary nitrogens is 1. The molecule has 1 aromatic heterocycles. The van der Waals surface area contributed by atoms with Crippen LogP contribution in [0.3, 0.4) is 0 Å². The van der Waals surface area contributed by atoms with Crippen molar-refractivity contribution >= 4 is 34.5 Å². The number of hydrogen-bond acceptors (Lipinski definition) is 5. The second kappa shape index (κ2) is 12.3. The molecule has 3 saturated heterocycles. The van der Waals surface area contributed by atoms with Crippen molar-refractivity contribution < 1.29 is 35.6 Å². The third kappa shape index (κ3) is 7.37. The number of ketones is 1. The number of hydrogen-bond donors (Lipinski definition) is 1. The van der Waals surface area contributed by atoms with Crippen LogP contribution in [0.15, 0.2) is 72.1 Å². The van der Waals surface area contributed by atoms with Gasteiger partial charge in [-0.1, -0.05) is 24.3 Å². The second-order valence-corrected chi connectivity index (χ2v) is 9.96. The van der Waals surface area contributed by atoms with E-state index >= 15 is 0 Å². The molecule has 0 amide bonds. The molecule has 0 spiro atoms. The Morgan fingerprint density at radius 2 is 1.66 bits per heavy atom. The fourth-order valence-corrected chi connectivity index (χ4v) is 5.49. The molecule has 3 aliphatic rings. The first-order chi connectivity index (χ1) is 16.4. The number of halogens is 2. The Morgan fingerprint density at radius 3 is 2.26 bits per heavy atom. The summed E-state index contributed by atoms with van der Waals surface area (Å²) in [6.07, 6.45) is 2.14. The van der Waals surface area contributed by atoms with Gasteiger partial charge in [-0.3, -0.25) is 9.59 Å². The molecule has 5 nitrogen and oxygen atoms in total. The highest BCUT2D eigenvalue weighted by molar-refractivity contribution is 7.12. The second-order valence-electron chi connectivity index (χ2n) is 9.01. The number of fused-ring (bicyclic) bond motifs is 3. The first kappa shape index (κ1) is 26.9. The van der Waals surface area contributed by atoms with Crippen LogP contribution >= 0.6 is 11.3 Å². The fourth-order valence-electron chi connectivity index (χ4n) is 4.83. The summed E-state index contributed by atoms with van der Waals surface area (Å²) < 4.78 is 18.9. The highest BCUT2D eigenvalue weighted by Crippen LogP contribution is 2.36. The largest absolute Gasteiger partial charge is 1.00 e. The number of esters is 1. The molecule has 0 aliphatic carbocycles. The Bertz CT molecular complexity index is 1090. The lowest BCUT2D eigenvalue weighted by molar-refractivity contribution is -0.938.